The smallest absolute Gasteiger partial charge is 0.355 e. The molecule has 0 spiro atoms. The zero-order valence-electron chi connectivity index (χ0n) is 23.2. The van der Waals surface area contributed by atoms with Gasteiger partial charge in [0.2, 0.25) is 0 Å². The highest BCUT2D eigenvalue weighted by Gasteiger charge is 2.27. The lowest BCUT2D eigenvalue weighted by molar-refractivity contribution is 0.0509. The van der Waals surface area contributed by atoms with E-state index < -0.39 is 17.9 Å². The van der Waals surface area contributed by atoms with Gasteiger partial charge in [0.1, 0.15) is 17.1 Å². The summed E-state index contributed by atoms with van der Waals surface area (Å²) >= 11 is 0. The third-order valence-corrected chi connectivity index (χ3v) is 6.44. The lowest BCUT2D eigenvalue weighted by atomic mass is 9.99. The second-order valence-corrected chi connectivity index (χ2v) is 9.04. The number of ketones is 2. The third-order valence-electron chi connectivity index (χ3n) is 6.44. The maximum Gasteiger partial charge on any atom is 0.355 e. The molecule has 3 N–H and O–H groups in total. The van der Waals surface area contributed by atoms with Gasteiger partial charge in [-0.2, -0.15) is 0 Å². The van der Waals surface area contributed by atoms with Crippen LogP contribution in [-0.4, -0.2) is 64.7 Å². The quantitative estimate of drug-likeness (QED) is 0.187. The molecule has 0 saturated carbocycles. The number of ether oxygens (including phenoxy) is 3. The molecule has 0 atom stereocenters. The van der Waals surface area contributed by atoms with Gasteiger partial charge in [0.05, 0.1) is 20.3 Å². The second-order valence-electron chi connectivity index (χ2n) is 9.04. The summed E-state index contributed by atoms with van der Waals surface area (Å²) in [5.74, 6) is -2.24. The highest BCUT2D eigenvalue weighted by Crippen LogP contribution is 2.28. The Morgan fingerprint density at radius 1 is 0.692 bits per heavy atom. The summed E-state index contributed by atoms with van der Waals surface area (Å²) in [6.45, 7) is 9.87. The molecule has 0 bridgehead atoms. The Bertz CT molecular complexity index is 1350. The van der Waals surface area contributed by atoms with Gasteiger partial charge in [0.25, 0.3) is 0 Å². The van der Waals surface area contributed by atoms with E-state index in [-0.39, 0.29) is 54.7 Å². The molecule has 0 unspecified atom stereocenters. The third kappa shape index (κ3) is 5.87. The fourth-order valence-corrected chi connectivity index (χ4v) is 4.79. The Kier molecular flexibility index (Phi) is 8.95. The van der Waals surface area contributed by atoms with E-state index in [2.05, 4.69) is 15.0 Å². The predicted molar refractivity (Wildman–Crippen MR) is 141 cm³/mol. The number of carbonyl (C=O) groups excluding carboxylic acids is 5. The van der Waals surface area contributed by atoms with Crippen molar-refractivity contribution in [3.05, 3.63) is 68.0 Å². The van der Waals surface area contributed by atoms with E-state index in [4.69, 9.17) is 14.2 Å². The fourth-order valence-electron chi connectivity index (χ4n) is 4.79. The van der Waals surface area contributed by atoms with Crippen LogP contribution in [0.25, 0.3) is 0 Å². The first-order valence-corrected chi connectivity index (χ1v) is 12.5. The molecule has 11 heteroatoms. The zero-order valence-corrected chi connectivity index (χ0v) is 23.2. The SMILES string of the molecule is CCOC(=O)c1[nH]c(Cc2cc(C(=O)OC)[nH]c2Cc2[nH]c(C(=O)OCC)c(C)c2C(C)=O)c(C(C)=O)c1C. The van der Waals surface area contributed by atoms with Gasteiger partial charge in [-0.05, 0) is 64.3 Å². The Morgan fingerprint density at radius 2 is 1.15 bits per heavy atom. The van der Waals surface area contributed by atoms with E-state index in [9.17, 15) is 24.0 Å². The maximum atomic E-state index is 12.5. The summed E-state index contributed by atoms with van der Waals surface area (Å²) in [4.78, 5) is 71.5. The van der Waals surface area contributed by atoms with Gasteiger partial charge in [0.15, 0.2) is 11.6 Å². The van der Waals surface area contributed by atoms with Crippen molar-refractivity contribution in [2.75, 3.05) is 20.3 Å². The molecule has 0 saturated heterocycles. The van der Waals surface area contributed by atoms with Crippen molar-refractivity contribution in [3.8, 4) is 0 Å². The first-order valence-electron chi connectivity index (χ1n) is 12.5. The molecule has 0 aliphatic carbocycles. The molecular formula is C28H33N3O8. The average molecular weight is 540 g/mol. The summed E-state index contributed by atoms with van der Waals surface area (Å²) in [7, 11) is 1.25. The molecule has 0 aliphatic rings. The Balaban J connectivity index is 2.13. The summed E-state index contributed by atoms with van der Waals surface area (Å²) in [5, 5.41) is 0. The Morgan fingerprint density at radius 3 is 1.56 bits per heavy atom. The summed E-state index contributed by atoms with van der Waals surface area (Å²) in [6, 6.07) is 1.60. The van der Waals surface area contributed by atoms with Crippen LogP contribution in [0, 0.1) is 13.8 Å². The van der Waals surface area contributed by atoms with Crippen molar-refractivity contribution < 1.29 is 38.2 Å². The highest BCUT2D eigenvalue weighted by atomic mass is 16.5. The molecule has 3 heterocycles. The van der Waals surface area contributed by atoms with Crippen LogP contribution in [0.1, 0.15) is 114 Å². The molecule has 0 amide bonds. The van der Waals surface area contributed by atoms with Crippen LogP contribution in [0.4, 0.5) is 0 Å². The fraction of sp³-hybridized carbons (Fsp3) is 0.393. The maximum absolute atomic E-state index is 12.5. The topological polar surface area (TPSA) is 160 Å². The van der Waals surface area contributed by atoms with Gasteiger partial charge in [-0.3, -0.25) is 9.59 Å². The van der Waals surface area contributed by atoms with Gasteiger partial charge in [-0.15, -0.1) is 0 Å². The molecule has 3 rings (SSSR count). The molecule has 208 valence electrons. The van der Waals surface area contributed by atoms with E-state index in [1.165, 1.54) is 21.0 Å². The average Bonchev–Trinajstić information content (AvgIpc) is 3.52. The van der Waals surface area contributed by atoms with Gasteiger partial charge in [-0.1, -0.05) is 0 Å². The minimum atomic E-state index is -0.606. The van der Waals surface area contributed by atoms with Crippen LogP contribution >= 0.6 is 0 Å². The largest absolute Gasteiger partial charge is 0.464 e. The Hall–Kier alpha value is -4.41. The number of aromatic amines is 3. The van der Waals surface area contributed by atoms with Gasteiger partial charge >= 0.3 is 17.9 Å². The molecule has 0 radical (unpaired) electrons. The number of rotatable bonds is 11. The van der Waals surface area contributed by atoms with E-state index in [0.717, 1.165) is 0 Å². The number of Topliss-reactive ketones (excluding diaryl/α,β-unsaturated/α-hetero) is 2. The number of methoxy groups -OCH3 is 1. The number of nitrogens with one attached hydrogen (secondary N) is 3. The molecule has 0 aliphatic heterocycles. The van der Waals surface area contributed by atoms with Crippen molar-refractivity contribution in [1.82, 2.24) is 15.0 Å². The van der Waals surface area contributed by atoms with Crippen molar-refractivity contribution in [3.63, 3.8) is 0 Å². The van der Waals surface area contributed by atoms with Crippen LogP contribution in [0.15, 0.2) is 6.07 Å². The lowest BCUT2D eigenvalue weighted by Gasteiger charge is -2.06. The zero-order chi connectivity index (χ0) is 29.0. The van der Waals surface area contributed by atoms with Crippen molar-refractivity contribution in [2.24, 2.45) is 0 Å². The van der Waals surface area contributed by atoms with E-state index in [1.54, 1.807) is 33.8 Å². The van der Waals surface area contributed by atoms with Gasteiger partial charge < -0.3 is 29.2 Å². The van der Waals surface area contributed by atoms with Gasteiger partial charge in [-0.25, -0.2) is 14.4 Å². The standard InChI is InChI=1S/C28H33N3O8/c1-8-38-27(35)24-13(3)22(15(5)32)19(30-24)10-17-11-21(26(34)37-7)29-18(17)12-20-23(16(6)33)14(4)25(31-20)28(36)39-9-2/h11,29-31H,8-10,12H2,1-7H3. The molecule has 0 aromatic carbocycles. The summed E-state index contributed by atoms with van der Waals surface area (Å²) in [6.07, 6.45) is 0.277. The Labute approximate surface area is 225 Å². The van der Waals surface area contributed by atoms with Crippen molar-refractivity contribution >= 4 is 29.5 Å². The molecule has 3 aromatic heterocycles. The summed E-state index contributed by atoms with van der Waals surface area (Å²) < 4.78 is 15.1. The highest BCUT2D eigenvalue weighted by molar-refractivity contribution is 6.02. The number of H-pyrrole nitrogens is 3. The predicted octanol–water partition coefficient (Wildman–Crippen LogP) is 4.01. The molecule has 11 nitrogen and oxygen atoms in total. The second kappa shape index (κ2) is 12.0. The van der Waals surface area contributed by atoms with Crippen LogP contribution in [0.5, 0.6) is 0 Å². The number of esters is 3. The van der Waals surface area contributed by atoms with Crippen LogP contribution in [0.2, 0.25) is 0 Å². The monoisotopic (exact) mass is 539 g/mol. The first-order chi connectivity index (χ1) is 18.4. The van der Waals surface area contributed by atoms with E-state index in [1.807, 2.05) is 0 Å². The van der Waals surface area contributed by atoms with Crippen molar-refractivity contribution in [2.45, 2.75) is 54.4 Å². The number of carbonyl (C=O) groups is 5. The van der Waals surface area contributed by atoms with Crippen LogP contribution in [0.3, 0.4) is 0 Å². The number of hydrogen-bond donors (Lipinski definition) is 3. The molecule has 39 heavy (non-hydrogen) atoms. The van der Waals surface area contributed by atoms with Gasteiger partial charge in [0, 0.05) is 41.1 Å². The lowest BCUT2D eigenvalue weighted by Crippen LogP contribution is -2.07. The molecule has 3 aromatic rings. The normalized spacial score (nSPS) is 10.8. The number of hydrogen-bond acceptors (Lipinski definition) is 8. The van der Waals surface area contributed by atoms with E-state index in [0.29, 0.717) is 44.9 Å². The summed E-state index contributed by atoms with van der Waals surface area (Å²) in [5.41, 5.74) is 4.27. The minimum absolute atomic E-state index is 0.126. The van der Waals surface area contributed by atoms with Crippen LogP contribution in [-0.2, 0) is 27.1 Å². The number of aromatic nitrogens is 3. The first kappa shape index (κ1) is 29.2. The van der Waals surface area contributed by atoms with E-state index >= 15 is 0 Å². The van der Waals surface area contributed by atoms with Crippen molar-refractivity contribution in [1.29, 1.82) is 0 Å². The van der Waals surface area contributed by atoms with Crippen LogP contribution < -0.4 is 0 Å². The molecular weight excluding hydrogens is 506 g/mol. The molecule has 0 fully saturated rings. The minimum Gasteiger partial charge on any atom is -0.464 e.